The molecule has 5 heteroatoms. The minimum absolute atomic E-state index is 0.634. The van der Waals surface area contributed by atoms with Crippen LogP contribution < -0.4 is 5.32 Å². The molecular weight excluding hydrogens is 266 g/mol. The van der Waals surface area contributed by atoms with E-state index in [4.69, 9.17) is 0 Å². The van der Waals surface area contributed by atoms with Gasteiger partial charge in [0.25, 0.3) is 0 Å². The quantitative estimate of drug-likeness (QED) is 0.544. The zero-order valence-corrected chi connectivity index (χ0v) is 14.6. The number of hydrogen-bond donors (Lipinski definition) is 2. The van der Waals surface area contributed by atoms with E-state index in [0.717, 1.165) is 45.7 Å². The summed E-state index contributed by atoms with van der Waals surface area (Å²) < 4.78 is 0. The number of nitrogens with one attached hydrogen (secondary N) is 1. The van der Waals surface area contributed by atoms with Gasteiger partial charge in [-0.05, 0) is 59.0 Å². The molecule has 0 aromatic carbocycles. The average Bonchev–Trinajstić information content (AvgIpc) is 2.47. The second-order valence-electron chi connectivity index (χ2n) is 5.73. The van der Waals surface area contributed by atoms with Crippen molar-refractivity contribution in [2.45, 2.75) is 53.0 Å². The first-order chi connectivity index (χ1) is 9.93. The molecule has 0 spiro atoms. The highest BCUT2D eigenvalue weighted by molar-refractivity contribution is 5.78. The number of hydrogen-bond acceptors (Lipinski definition) is 4. The maximum absolute atomic E-state index is 11.4. The molecule has 0 radical (unpaired) electrons. The van der Waals surface area contributed by atoms with Gasteiger partial charge < -0.3 is 20.2 Å². The molecule has 0 aliphatic carbocycles. The lowest BCUT2D eigenvalue weighted by Gasteiger charge is -2.30. The Labute approximate surface area is 130 Å². The molecule has 0 amide bonds. The van der Waals surface area contributed by atoms with E-state index in [9.17, 15) is 9.90 Å². The molecule has 0 aromatic rings. The molecule has 1 atom stereocenters. The monoisotopic (exact) mass is 301 g/mol. The topological polar surface area (TPSA) is 55.8 Å². The second kappa shape index (κ2) is 11.0. The Morgan fingerprint density at radius 2 is 1.52 bits per heavy atom. The number of nitrogens with zero attached hydrogens (tertiary/aromatic N) is 2. The van der Waals surface area contributed by atoms with Gasteiger partial charge in [-0.2, -0.15) is 0 Å². The van der Waals surface area contributed by atoms with Crippen molar-refractivity contribution >= 4 is 5.97 Å². The fourth-order valence-electron chi connectivity index (χ4n) is 2.53. The first-order valence-electron chi connectivity index (χ1n) is 8.36. The fraction of sp³-hybridized carbons (Fsp3) is 0.938. The summed E-state index contributed by atoms with van der Waals surface area (Å²) in [6.07, 6.45) is 1.77. The number of carbonyl (C=O) groups is 1. The van der Waals surface area contributed by atoms with Gasteiger partial charge in [-0.15, -0.1) is 0 Å². The molecule has 126 valence electrons. The summed E-state index contributed by atoms with van der Waals surface area (Å²) in [5.74, 6) is -0.761. The van der Waals surface area contributed by atoms with Gasteiger partial charge in [0.15, 0.2) is 0 Å². The van der Waals surface area contributed by atoms with Crippen LogP contribution in [0.5, 0.6) is 0 Å². The molecule has 1 unspecified atom stereocenters. The molecule has 0 heterocycles. The zero-order valence-electron chi connectivity index (χ0n) is 14.6. The summed E-state index contributed by atoms with van der Waals surface area (Å²) in [5, 5.41) is 12.5. The molecule has 21 heavy (non-hydrogen) atoms. The maximum Gasteiger partial charge on any atom is 0.323 e. The summed E-state index contributed by atoms with van der Waals surface area (Å²) in [7, 11) is 0. The van der Waals surface area contributed by atoms with Crippen LogP contribution in [0.2, 0.25) is 0 Å². The van der Waals surface area contributed by atoms with Crippen LogP contribution in [0.25, 0.3) is 0 Å². The Morgan fingerprint density at radius 1 is 1.00 bits per heavy atom. The Kier molecular flexibility index (Phi) is 10.6. The number of carboxylic acids is 1. The van der Waals surface area contributed by atoms with Gasteiger partial charge in [-0.3, -0.25) is 4.79 Å². The van der Waals surface area contributed by atoms with E-state index >= 15 is 0 Å². The fourth-order valence-corrected chi connectivity index (χ4v) is 2.53. The number of likely N-dealkylation sites (N-methyl/N-ethyl adjacent to an activating group) is 1. The van der Waals surface area contributed by atoms with Crippen LogP contribution in [-0.2, 0) is 4.79 Å². The normalized spacial score (nSPS) is 14.6. The minimum Gasteiger partial charge on any atom is -0.480 e. The first kappa shape index (κ1) is 20.3. The van der Waals surface area contributed by atoms with Crippen molar-refractivity contribution in [1.82, 2.24) is 15.1 Å². The Hall–Kier alpha value is -0.650. The summed E-state index contributed by atoms with van der Waals surface area (Å²) >= 11 is 0. The molecule has 0 rings (SSSR count). The lowest BCUT2D eigenvalue weighted by molar-refractivity contribution is -0.144. The molecule has 0 saturated carbocycles. The van der Waals surface area contributed by atoms with E-state index in [2.05, 4.69) is 35.9 Å². The first-order valence-corrected chi connectivity index (χ1v) is 8.36. The molecular formula is C16H35N3O2. The van der Waals surface area contributed by atoms with Crippen LogP contribution in [0, 0.1) is 0 Å². The van der Waals surface area contributed by atoms with Crippen LogP contribution in [0.3, 0.4) is 0 Å². The van der Waals surface area contributed by atoms with E-state index in [1.54, 1.807) is 6.92 Å². The van der Waals surface area contributed by atoms with Gasteiger partial charge in [0.05, 0.1) is 0 Å². The number of aliphatic carboxylic acids is 1. The van der Waals surface area contributed by atoms with Crippen LogP contribution in [-0.4, -0.2) is 72.2 Å². The summed E-state index contributed by atoms with van der Waals surface area (Å²) in [6.45, 7) is 17.1. The number of carboxylic acid groups (broad SMARTS) is 1. The Morgan fingerprint density at radius 3 is 1.95 bits per heavy atom. The third-order valence-electron chi connectivity index (χ3n) is 4.26. The molecule has 0 aromatic heterocycles. The standard InChI is InChI=1S/C16H35N3O2/c1-6-17-16(5,15(20)21)11-14-19(9-4)13-10-12-18(7-2)8-3/h17H,6-14H2,1-5H3,(H,20,21). The van der Waals surface area contributed by atoms with Crippen molar-refractivity contribution in [3.8, 4) is 0 Å². The molecule has 2 N–H and O–H groups in total. The Balaban J connectivity index is 4.21. The molecule has 5 nitrogen and oxygen atoms in total. The third-order valence-corrected chi connectivity index (χ3v) is 4.26. The van der Waals surface area contributed by atoms with Crippen molar-refractivity contribution in [1.29, 1.82) is 0 Å². The molecule has 0 aliphatic rings. The van der Waals surface area contributed by atoms with E-state index < -0.39 is 11.5 Å². The van der Waals surface area contributed by atoms with Crippen molar-refractivity contribution in [2.24, 2.45) is 0 Å². The zero-order chi connectivity index (χ0) is 16.3. The van der Waals surface area contributed by atoms with Crippen molar-refractivity contribution in [3.05, 3.63) is 0 Å². The molecule has 0 bridgehead atoms. The highest BCUT2D eigenvalue weighted by atomic mass is 16.4. The van der Waals surface area contributed by atoms with E-state index in [1.165, 1.54) is 0 Å². The Bertz CT molecular complexity index is 283. The van der Waals surface area contributed by atoms with Gasteiger partial charge in [0.2, 0.25) is 0 Å². The smallest absolute Gasteiger partial charge is 0.323 e. The molecule has 0 aliphatic heterocycles. The van der Waals surface area contributed by atoms with E-state index in [0.29, 0.717) is 13.0 Å². The predicted molar refractivity (Wildman–Crippen MR) is 88.9 cm³/mol. The highest BCUT2D eigenvalue weighted by Crippen LogP contribution is 2.11. The SMILES string of the molecule is CCNC(C)(CCN(CC)CCCN(CC)CC)C(=O)O. The van der Waals surface area contributed by atoms with Crippen LogP contribution >= 0.6 is 0 Å². The van der Waals surface area contributed by atoms with Gasteiger partial charge in [-0.1, -0.05) is 27.7 Å². The lowest BCUT2D eigenvalue weighted by Crippen LogP contribution is -2.51. The van der Waals surface area contributed by atoms with Gasteiger partial charge in [0, 0.05) is 6.54 Å². The van der Waals surface area contributed by atoms with Crippen LogP contribution in [0.4, 0.5) is 0 Å². The van der Waals surface area contributed by atoms with Crippen molar-refractivity contribution < 1.29 is 9.90 Å². The van der Waals surface area contributed by atoms with E-state index in [1.807, 2.05) is 6.92 Å². The van der Waals surface area contributed by atoms with Gasteiger partial charge in [0.1, 0.15) is 5.54 Å². The third kappa shape index (κ3) is 7.79. The number of rotatable bonds is 13. The van der Waals surface area contributed by atoms with E-state index in [-0.39, 0.29) is 0 Å². The minimum atomic E-state index is -0.818. The predicted octanol–water partition coefficient (Wildman–Crippen LogP) is 1.88. The highest BCUT2D eigenvalue weighted by Gasteiger charge is 2.31. The van der Waals surface area contributed by atoms with Gasteiger partial charge >= 0.3 is 5.97 Å². The summed E-state index contributed by atoms with van der Waals surface area (Å²) in [6, 6.07) is 0. The van der Waals surface area contributed by atoms with Crippen LogP contribution in [0.15, 0.2) is 0 Å². The van der Waals surface area contributed by atoms with Gasteiger partial charge in [-0.25, -0.2) is 0 Å². The molecule has 0 fully saturated rings. The summed E-state index contributed by atoms with van der Waals surface area (Å²) in [4.78, 5) is 16.2. The second-order valence-corrected chi connectivity index (χ2v) is 5.73. The van der Waals surface area contributed by atoms with Crippen LogP contribution in [0.1, 0.15) is 47.5 Å². The summed E-state index contributed by atoms with van der Waals surface area (Å²) in [5.41, 5.74) is -0.818. The molecule has 0 saturated heterocycles. The lowest BCUT2D eigenvalue weighted by atomic mass is 9.97. The maximum atomic E-state index is 11.4. The van der Waals surface area contributed by atoms with Crippen molar-refractivity contribution in [3.63, 3.8) is 0 Å². The average molecular weight is 301 g/mol. The van der Waals surface area contributed by atoms with Crippen molar-refractivity contribution in [2.75, 3.05) is 45.8 Å². The largest absolute Gasteiger partial charge is 0.480 e.